The standard InChI is InChI=1S/C17H30N2O/c1-12(19-16(20)4-3-5-18-2)17-9-13-6-14(10-17)8-15(7-13)11-17/h12-15,18H,3-11H2,1-2H3,(H,19,20). The molecule has 1 unspecified atom stereocenters. The Balaban J connectivity index is 1.56. The normalized spacial score (nSPS) is 39.8. The molecule has 0 aromatic rings. The molecular formula is C17H30N2O. The Morgan fingerprint density at radius 2 is 1.70 bits per heavy atom. The van der Waals surface area contributed by atoms with Crippen LogP contribution in [0.2, 0.25) is 0 Å². The second-order valence-electron chi connectivity index (χ2n) is 7.78. The summed E-state index contributed by atoms with van der Waals surface area (Å²) in [5, 5.41) is 6.43. The molecule has 114 valence electrons. The average Bonchev–Trinajstić information content (AvgIpc) is 2.37. The van der Waals surface area contributed by atoms with Gasteiger partial charge in [0.25, 0.3) is 0 Å². The van der Waals surface area contributed by atoms with Crippen molar-refractivity contribution in [3.63, 3.8) is 0 Å². The molecule has 4 saturated carbocycles. The van der Waals surface area contributed by atoms with E-state index < -0.39 is 0 Å². The van der Waals surface area contributed by atoms with Crippen molar-refractivity contribution in [1.82, 2.24) is 10.6 Å². The van der Waals surface area contributed by atoms with Crippen molar-refractivity contribution in [2.24, 2.45) is 23.2 Å². The first kappa shape index (κ1) is 14.4. The molecule has 3 heteroatoms. The molecule has 0 saturated heterocycles. The van der Waals surface area contributed by atoms with E-state index in [0.717, 1.165) is 30.7 Å². The van der Waals surface area contributed by atoms with E-state index in [9.17, 15) is 4.79 Å². The van der Waals surface area contributed by atoms with Crippen molar-refractivity contribution in [3.8, 4) is 0 Å². The second kappa shape index (κ2) is 5.67. The number of amides is 1. The van der Waals surface area contributed by atoms with Crippen LogP contribution < -0.4 is 10.6 Å². The third kappa shape index (κ3) is 2.74. The van der Waals surface area contributed by atoms with Gasteiger partial charge < -0.3 is 10.6 Å². The van der Waals surface area contributed by atoms with Crippen molar-refractivity contribution in [2.45, 2.75) is 64.3 Å². The minimum Gasteiger partial charge on any atom is -0.353 e. The highest BCUT2D eigenvalue weighted by Gasteiger charge is 2.53. The van der Waals surface area contributed by atoms with Gasteiger partial charge in [0.2, 0.25) is 5.91 Å². The third-order valence-electron chi connectivity index (χ3n) is 6.21. The van der Waals surface area contributed by atoms with E-state index in [1.807, 2.05) is 7.05 Å². The summed E-state index contributed by atoms with van der Waals surface area (Å²) in [4.78, 5) is 12.1. The first-order valence-corrected chi connectivity index (χ1v) is 8.55. The fraction of sp³-hybridized carbons (Fsp3) is 0.941. The van der Waals surface area contributed by atoms with Gasteiger partial charge in [-0.3, -0.25) is 4.79 Å². The molecule has 20 heavy (non-hydrogen) atoms. The Kier molecular flexibility index (Phi) is 4.07. The molecule has 0 aromatic heterocycles. The molecule has 4 aliphatic carbocycles. The molecular weight excluding hydrogens is 248 g/mol. The van der Waals surface area contributed by atoms with Crippen LogP contribution in [0, 0.1) is 23.2 Å². The van der Waals surface area contributed by atoms with Crippen molar-refractivity contribution >= 4 is 5.91 Å². The van der Waals surface area contributed by atoms with Crippen LogP contribution in [-0.2, 0) is 4.79 Å². The predicted octanol–water partition coefficient (Wildman–Crippen LogP) is 2.71. The van der Waals surface area contributed by atoms with Gasteiger partial charge in [-0.2, -0.15) is 0 Å². The van der Waals surface area contributed by atoms with Crippen molar-refractivity contribution < 1.29 is 4.79 Å². The smallest absolute Gasteiger partial charge is 0.220 e. The van der Waals surface area contributed by atoms with E-state index in [1.54, 1.807) is 0 Å². The van der Waals surface area contributed by atoms with E-state index >= 15 is 0 Å². The molecule has 0 aromatic carbocycles. The molecule has 1 atom stereocenters. The molecule has 4 bridgehead atoms. The predicted molar refractivity (Wildman–Crippen MR) is 81.4 cm³/mol. The first-order chi connectivity index (χ1) is 9.61. The first-order valence-electron chi connectivity index (χ1n) is 8.55. The monoisotopic (exact) mass is 278 g/mol. The Morgan fingerprint density at radius 1 is 1.15 bits per heavy atom. The summed E-state index contributed by atoms with van der Waals surface area (Å²) in [6, 6.07) is 0.373. The number of hydrogen-bond donors (Lipinski definition) is 2. The van der Waals surface area contributed by atoms with Crippen molar-refractivity contribution in [1.29, 1.82) is 0 Å². The average molecular weight is 278 g/mol. The molecule has 4 fully saturated rings. The van der Waals surface area contributed by atoms with Crippen LogP contribution in [0.3, 0.4) is 0 Å². The fourth-order valence-electron chi connectivity index (χ4n) is 5.60. The van der Waals surface area contributed by atoms with Gasteiger partial charge in [0.1, 0.15) is 0 Å². The maximum atomic E-state index is 12.1. The lowest BCUT2D eigenvalue weighted by Gasteiger charge is -2.59. The largest absolute Gasteiger partial charge is 0.353 e. The number of carbonyl (C=O) groups is 1. The summed E-state index contributed by atoms with van der Waals surface area (Å²) in [5.74, 6) is 3.14. The van der Waals surface area contributed by atoms with Gasteiger partial charge >= 0.3 is 0 Å². The zero-order chi connectivity index (χ0) is 14.2. The minimum atomic E-state index is 0.253. The number of nitrogens with one attached hydrogen (secondary N) is 2. The maximum Gasteiger partial charge on any atom is 0.220 e. The zero-order valence-corrected chi connectivity index (χ0v) is 13.1. The topological polar surface area (TPSA) is 41.1 Å². The van der Waals surface area contributed by atoms with Crippen LogP contribution in [0.1, 0.15) is 58.3 Å². The van der Waals surface area contributed by atoms with Crippen LogP contribution in [0.4, 0.5) is 0 Å². The molecule has 4 rings (SSSR count). The Hall–Kier alpha value is -0.570. The van der Waals surface area contributed by atoms with Gasteiger partial charge in [0, 0.05) is 12.5 Å². The van der Waals surface area contributed by atoms with Crippen LogP contribution in [0.15, 0.2) is 0 Å². The minimum absolute atomic E-state index is 0.253. The fourth-order valence-corrected chi connectivity index (χ4v) is 5.60. The zero-order valence-electron chi connectivity index (χ0n) is 13.1. The highest BCUT2D eigenvalue weighted by Crippen LogP contribution is 2.61. The van der Waals surface area contributed by atoms with Crippen LogP contribution in [0.25, 0.3) is 0 Å². The highest BCUT2D eigenvalue weighted by atomic mass is 16.1. The van der Waals surface area contributed by atoms with Gasteiger partial charge in [-0.15, -0.1) is 0 Å². The second-order valence-corrected chi connectivity index (χ2v) is 7.78. The lowest BCUT2D eigenvalue weighted by Crippen LogP contribution is -2.55. The highest BCUT2D eigenvalue weighted by molar-refractivity contribution is 5.76. The van der Waals surface area contributed by atoms with Crippen molar-refractivity contribution in [2.75, 3.05) is 13.6 Å². The molecule has 0 radical (unpaired) electrons. The molecule has 0 spiro atoms. The molecule has 4 aliphatic rings. The van der Waals surface area contributed by atoms with E-state index in [4.69, 9.17) is 0 Å². The Labute approximate surface area is 123 Å². The van der Waals surface area contributed by atoms with Crippen LogP contribution >= 0.6 is 0 Å². The van der Waals surface area contributed by atoms with Gasteiger partial charge in [0.05, 0.1) is 0 Å². The Bertz CT molecular complexity index is 331. The van der Waals surface area contributed by atoms with Gasteiger partial charge in [-0.1, -0.05) is 0 Å². The lowest BCUT2D eigenvalue weighted by atomic mass is 9.48. The SMILES string of the molecule is CNCCCC(=O)NC(C)C12CC3CC(CC(C3)C1)C2. The molecule has 3 nitrogen and oxygen atoms in total. The van der Waals surface area contributed by atoms with E-state index in [1.165, 1.54) is 38.5 Å². The Morgan fingerprint density at radius 3 is 2.20 bits per heavy atom. The number of rotatable bonds is 6. The number of hydrogen-bond acceptors (Lipinski definition) is 2. The maximum absolute atomic E-state index is 12.1. The summed E-state index contributed by atoms with van der Waals surface area (Å²) in [6.45, 7) is 3.20. The third-order valence-corrected chi connectivity index (χ3v) is 6.21. The van der Waals surface area contributed by atoms with Crippen molar-refractivity contribution in [3.05, 3.63) is 0 Å². The quantitative estimate of drug-likeness (QED) is 0.734. The summed E-state index contributed by atoms with van der Waals surface area (Å²) < 4.78 is 0. The van der Waals surface area contributed by atoms with E-state index in [-0.39, 0.29) is 5.91 Å². The summed E-state index contributed by atoms with van der Waals surface area (Å²) in [7, 11) is 1.94. The molecule has 0 heterocycles. The molecule has 2 N–H and O–H groups in total. The van der Waals surface area contributed by atoms with Crippen LogP contribution in [-0.4, -0.2) is 25.5 Å². The van der Waals surface area contributed by atoms with Gasteiger partial charge in [-0.05, 0) is 88.6 Å². The van der Waals surface area contributed by atoms with Crippen LogP contribution in [0.5, 0.6) is 0 Å². The van der Waals surface area contributed by atoms with Gasteiger partial charge in [0.15, 0.2) is 0 Å². The van der Waals surface area contributed by atoms with E-state index in [0.29, 0.717) is 17.9 Å². The summed E-state index contributed by atoms with van der Waals surface area (Å²) >= 11 is 0. The van der Waals surface area contributed by atoms with E-state index in [2.05, 4.69) is 17.6 Å². The number of carbonyl (C=O) groups excluding carboxylic acids is 1. The summed E-state index contributed by atoms with van der Waals surface area (Å²) in [5.41, 5.74) is 0.438. The lowest BCUT2D eigenvalue weighted by molar-refractivity contribution is -0.126. The van der Waals surface area contributed by atoms with Gasteiger partial charge in [-0.25, -0.2) is 0 Å². The molecule has 1 amide bonds. The summed E-state index contributed by atoms with van der Waals surface area (Å²) in [6.07, 6.45) is 10.1. The molecule has 0 aliphatic heterocycles.